The Morgan fingerprint density at radius 1 is 1.07 bits per heavy atom. The fourth-order valence-electron chi connectivity index (χ4n) is 1.65. The molecule has 2 rings (SSSR count). The van der Waals surface area contributed by atoms with Gasteiger partial charge in [0, 0.05) is 0 Å². The highest BCUT2D eigenvalue weighted by Crippen LogP contribution is 2.15. The maximum absolute atomic E-state index is 4.87. The minimum Gasteiger partial charge on any atom is -0.505 e. The lowest BCUT2D eigenvalue weighted by Gasteiger charge is -2.00. The Kier molecular flexibility index (Phi) is 3.03. The summed E-state index contributed by atoms with van der Waals surface area (Å²) in [6, 6.07) is 14.9. The molecule has 0 aliphatic heterocycles. The van der Waals surface area contributed by atoms with Crippen LogP contribution in [0.2, 0.25) is 0 Å². The van der Waals surface area contributed by atoms with Crippen molar-refractivity contribution in [1.29, 1.82) is 0 Å². The lowest BCUT2D eigenvalue weighted by atomic mass is 10.1. The van der Waals surface area contributed by atoms with Crippen LogP contribution >= 0.6 is 0 Å². The monoisotopic (exact) mass is 198 g/mol. The minimum atomic E-state index is 0.915. The summed E-state index contributed by atoms with van der Waals surface area (Å²) in [5.41, 5.74) is 1.31. The first kappa shape index (κ1) is 9.78. The van der Waals surface area contributed by atoms with Gasteiger partial charge >= 0.3 is 0 Å². The van der Waals surface area contributed by atoms with Gasteiger partial charge in [0.25, 0.3) is 0 Å². The number of methoxy groups -OCH3 is 1. The SMILES string of the molecule is COC=CCc1ccc2ccccc2c1. The van der Waals surface area contributed by atoms with E-state index < -0.39 is 0 Å². The molecule has 0 aromatic heterocycles. The number of hydrogen-bond donors (Lipinski definition) is 0. The molecule has 0 amide bonds. The second-order valence-electron chi connectivity index (χ2n) is 3.49. The highest BCUT2D eigenvalue weighted by atomic mass is 16.5. The van der Waals surface area contributed by atoms with Crippen molar-refractivity contribution in [3.63, 3.8) is 0 Å². The van der Waals surface area contributed by atoms with Crippen molar-refractivity contribution in [3.8, 4) is 0 Å². The third-order valence-electron chi connectivity index (χ3n) is 2.40. The van der Waals surface area contributed by atoms with Gasteiger partial charge in [0.15, 0.2) is 0 Å². The Labute approximate surface area is 90.0 Å². The van der Waals surface area contributed by atoms with E-state index in [4.69, 9.17) is 4.74 Å². The summed E-state index contributed by atoms with van der Waals surface area (Å²) in [6.45, 7) is 0. The first-order valence-corrected chi connectivity index (χ1v) is 5.05. The van der Waals surface area contributed by atoms with Crippen LogP contribution in [0.25, 0.3) is 10.8 Å². The molecule has 1 nitrogen and oxygen atoms in total. The molecule has 0 saturated heterocycles. The number of rotatable bonds is 3. The molecule has 76 valence electrons. The quantitative estimate of drug-likeness (QED) is 0.685. The number of benzene rings is 2. The number of fused-ring (bicyclic) bond motifs is 1. The average molecular weight is 198 g/mol. The van der Waals surface area contributed by atoms with Gasteiger partial charge in [-0.25, -0.2) is 0 Å². The fourth-order valence-corrected chi connectivity index (χ4v) is 1.65. The van der Waals surface area contributed by atoms with Gasteiger partial charge in [-0.3, -0.25) is 0 Å². The summed E-state index contributed by atoms with van der Waals surface area (Å²) in [6.07, 6.45) is 4.65. The molecule has 0 heterocycles. The predicted molar refractivity (Wildman–Crippen MR) is 63.8 cm³/mol. The van der Waals surface area contributed by atoms with E-state index in [9.17, 15) is 0 Å². The molecule has 0 saturated carbocycles. The van der Waals surface area contributed by atoms with Gasteiger partial charge in [-0.1, -0.05) is 42.5 Å². The van der Waals surface area contributed by atoms with E-state index in [0.29, 0.717) is 0 Å². The molecule has 0 atom stereocenters. The van der Waals surface area contributed by atoms with Gasteiger partial charge in [0.1, 0.15) is 0 Å². The molecule has 1 heteroatoms. The number of allylic oxidation sites excluding steroid dienone is 1. The second kappa shape index (κ2) is 4.65. The molecule has 2 aromatic carbocycles. The van der Waals surface area contributed by atoms with Crippen LogP contribution in [0.5, 0.6) is 0 Å². The van der Waals surface area contributed by atoms with Crippen LogP contribution in [0.1, 0.15) is 5.56 Å². The van der Waals surface area contributed by atoms with E-state index in [2.05, 4.69) is 42.5 Å². The van der Waals surface area contributed by atoms with Gasteiger partial charge in [-0.2, -0.15) is 0 Å². The van der Waals surface area contributed by atoms with E-state index in [1.54, 1.807) is 13.4 Å². The van der Waals surface area contributed by atoms with E-state index in [1.165, 1.54) is 16.3 Å². The third-order valence-corrected chi connectivity index (χ3v) is 2.40. The Bertz CT molecular complexity index is 471. The Morgan fingerprint density at radius 2 is 1.87 bits per heavy atom. The molecule has 15 heavy (non-hydrogen) atoms. The molecule has 0 spiro atoms. The molecule has 0 radical (unpaired) electrons. The van der Waals surface area contributed by atoms with Crippen LogP contribution < -0.4 is 0 Å². The smallest absolute Gasteiger partial charge is 0.0788 e. The van der Waals surface area contributed by atoms with Crippen molar-refractivity contribution >= 4 is 10.8 Å². The maximum atomic E-state index is 4.87. The Hall–Kier alpha value is -1.76. The van der Waals surface area contributed by atoms with Gasteiger partial charge in [0.05, 0.1) is 13.4 Å². The molecule has 0 fully saturated rings. The zero-order valence-electron chi connectivity index (χ0n) is 8.81. The summed E-state index contributed by atoms with van der Waals surface area (Å²) >= 11 is 0. The standard InChI is InChI=1S/C14H14O/c1-15-10-4-5-12-8-9-13-6-2-3-7-14(13)11-12/h2-4,6-11H,5H2,1H3. The molecular formula is C14H14O. The summed E-state index contributed by atoms with van der Waals surface area (Å²) in [7, 11) is 1.66. The number of hydrogen-bond acceptors (Lipinski definition) is 1. The summed E-state index contributed by atoms with van der Waals surface area (Å²) in [5.74, 6) is 0. The van der Waals surface area contributed by atoms with Crippen molar-refractivity contribution < 1.29 is 4.74 Å². The van der Waals surface area contributed by atoms with Crippen LogP contribution in [0, 0.1) is 0 Å². The van der Waals surface area contributed by atoms with Gasteiger partial charge in [-0.15, -0.1) is 0 Å². The molecule has 0 aliphatic rings. The van der Waals surface area contributed by atoms with Crippen molar-refractivity contribution in [2.24, 2.45) is 0 Å². The molecule has 2 aromatic rings. The van der Waals surface area contributed by atoms with E-state index >= 15 is 0 Å². The number of ether oxygens (including phenoxy) is 1. The van der Waals surface area contributed by atoms with Gasteiger partial charge < -0.3 is 4.74 Å². The van der Waals surface area contributed by atoms with Crippen LogP contribution in [0.15, 0.2) is 54.8 Å². The van der Waals surface area contributed by atoms with E-state index in [-0.39, 0.29) is 0 Å². The second-order valence-corrected chi connectivity index (χ2v) is 3.49. The molecular weight excluding hydrogens is 184 g/mol. The molecule has 0 unspecified atom stereocenters. The van der Waals surface area contributed by atoms with E-state index in [0.717, 1.165) is 6.42 Å². The largest absolute Gasteiger partial charge is 0.505 e. The summed E-state index contributed by atoms with van der Waals surface area (Å²) in [5, 5.41) is 2.58. The average Bonchev–Trinajstić information content (AvgIpc) is 2.29. The normalized spacial score (nSPS) is 11.0. The first-order valence-electron chi connectivity index (χ1n) is 5.05. The summed E-state index contributed by atoms with van der Waals surface area (Å²) < 4.78 is 4.87. The van der Waals surface area contributed by atoms with Gasteiger partial charge in [-0.05, 0) is 28.8 Å². The van der Waals surface area contributed by atoms with E-state index in [1.807, 2.05) is 6.08 Å². The topological polar surface area (TPSA) is 9.23 Å². The third kappa shape index (κ3) is 2.38. The van der Waals surface area contributed by atoms with Crippen molar-refractivity contribution in [3.05, 3.63) is 60.4 Å². The van der Waals surface area contributed by atoms with Crippen molar-refractivity contribution in [1.82, 2.24) is 0 Å². The summed E-state index contributed by atoms with van der Waals surface area (Å²) in [4.78, 5) is 0. The van der Waals surface area contributed by atoms with Crippen molar-refractivity contribution in [2.45, 2.75) is 6.42 Å². The van der Waals surface area contributed by atoms with Crippen LogP contribution in [-0.2, 0) is 11.2 Å². The maximum Gasteiger partial charge on any atom is 0.0788 e. The molecule has 0 N–H and O–H groups in total. The van der Waals surface area contributed by atoms with Crippen LogP contribution in [0.4, 0.5) is 0 Å². The van der Waals surface area contributed by atoms with Gasteiger partial charge in [0.2, 0.25) is 0 Å². The fraction of sp³-hybridized carbons (Fsp3) is 0.143. The zero-order valence-corrected chi connectivity index (χ0v) is 8.81. The highest BCUT2D eigenvalue weighted by Gasteiger charge is 1.93. The lowest BCUT2D eigenvalue weighted by molar-refractivity contribution is 0.337. The highest BCUT2D eigenvalue weighted by molar-refractivity contribution is 5.83. The Balaban J connectivity index is 2.26. The Morgan fingerprint density at radius 3 is 2.67 bits per heavy atom. The first-order chi connectivity index (χ1) is 7.40. The van der Waals surface area contributed by atoms with Crippen LogP contribution in [-0.4, -0.2) is 7.11 Å². The molecule has 0 aliphatic carbocycles. The van der Waals surface area contributed by atoms with Crippen molar-refractivity contribution in [2.75, 3.05) is 7.11 Å². The zero-order chi connectivity index (χ0) is 10.5. The predicted octanol–water partition coefficient (Wildman–Crippen LogP) is 3.54. The lowest BCUT2D eigenvalue weighted by Crippen LogP contribution is -1.81. The van der Waals surface area contributed by atoms with Crippen LogP contribution in [0.3, 0.4) is 0 Å². The molecule has 0 bridgehead atoms. The minimum absolute atomic E-state index is 0.915.